The van der Waals surface area contributed by atoms with E-state index < -0.39 is 35.3 Å². The van der Waals surface area contributed by atoms with Crippen LogP contribution in [0.1, 0.15) is 52.9 Å². The van der Waals surface area contributed by atoms with Gasteiger partial charge in [-0.15, -0.1) is 0 Å². The Morgan fingerprint density at radius 1 is 1.14 bits per heavy atom. The van der Waals surface area contributed by atoms with Gasteiger partial charge in [-0.05, 0) is 52.9 Å². The van der Waals surface area contributed by atoms with Gasteiger partial charge in [-0.2, -0.15) is 0 Å². The van der Waals surface area contributed by atoms with Crippen molar-refractivity contribution in [2.24, 2.45) is 0 Å². The molecule has 1 aliphatic carbocycles. The number of methoxy groups -OCH3 is 1. The van der Waals surface area contributed by atoms with E-state index >= 15 is 0 Å². The first kappa shape index (κ1) is 20.4. The first-order chi connectivity index (χ1) is 13.1. The van der Waals surface area contributed by atoms with E-state index in [1.807, 2.05) is 0 Å². The zero-order valence-electron chi connectivity index (χ0n) is 16.9. The van der Waals surface area contributed by atoms with Crippen molar-refractivity contribution in [1.29, 1.82) is 0 Å². The lowest BCUT2D eigenvalue weighted by Gasteiger charge is -2.29. The summed E-state index contributed by atoms with van der Waals surface area (Å²) in [7, 11) is 1.31. The summed E-state index contributed by atoms with van der Waals surface area (Å²) in [5.74, 6) is -1.02. The highest BCUT2D eigenvalue weighted by Crippen LogP contribution is 2.44. The number of esters is 1. The molecule has 1 N–H and O–H groups in total. The van der Waals surface area contributed by atoms with Gasteiger partial charge in [0.15, 0.2) is 0 Å². The SMILES string of the molecule is COC(=O)C1(N2CC[C@@H](NC(=O)[C@@H]3CCCN3C(=O)OC(C)(C)C)C2=O)CC1. The van der Waals surface area contributed by atoms with Gasteiger partial charge >= 0.3 is 12.1 Å². The Hall–Kier alpha value is -2.32. The molecule has 3 fully saturated rings. The molecule has 2 heterocycles. The molecular weight excluding hydrogens is 366 g/mol. The van der Waals surface area contributed by atoms with E-state index in [9.17, 15) is 19.2 Å². The molecule has 1 saturated carbocycles. The van der Waals surface area contributed by atoms with E-state index in [1.54, 1.807) is 20.8 Å². The molecule has 9 heteroatoms. The summed E-state index contributed by atoms with van der Waals surface area (Å²) < 4.78 is 10.2. The van der Waals surface area contributed by atoms with Gasteiger partial charge in [0, 0.05) is 13.1 Å². The fraction of sp³-hybridized carbons (Fsp3) is 0.789. The van der Waals surface area contributed by atoms with Gasteiger partial charge in [0.2, 0.25) is 11.8 Å². The average molecular weight is 395 g/mol. The fourth-order valence-corrected chi connectivity index (χ4v) is 3.98. The molecule has 156 valence electrons. The number of ether oxygens (including phenoxy) is 2. The highest BCUT2D eigenvalue weighted by atomic mass is 16.6. The smallest absolute Gasteiger partial charge is 0.410 e. The fourth-order valence-electron chi connectivity index (χ4n) is 3.98. The molecule has 3 rings (SSSR count). The summed E-state index contributed by atoms with van der Waals surface area (Å²) in [6.07, 6.45) is 2.31. The highest BCUT2D eigenvalue weighted by molar-refractivity contribution is 5.96. The molecular formula is C19H29N3O6. The van der Waals surface area contributed by atoms with Crippen LogP contribution in [0.25, 0.3) is 0 Å². The van der Waals surface area contributed by atoms with Crippen LogP contribution < -0.4 is 5.32 Å². The van der Waals surface area contributed by atoms with Crippen LogP contribution in [0, 0.1) is 0 Å². The molecule has 9 nitrogen and oxygen atoms in total. The second kappa shape index (κ2) is 7.25. The Balaban J connectivity index is 1.61. The zero-order chi connectivity index (χ0) is 20.7. The van der Waals surface area contributed by atoms with Gasteiger partial charge in [-0.25, -0.2) is 9.59 Å². The maximum atomic E-state index is 12.8. The first-order valence-corrected chi connectivity index (χ1v) is 9.79. The first-order valence-electron chi connectivity index (χ1n) is 9.79. The average Bonchev–Trinajstić information content (AvgIpc) is 3.10. The lowest BCUT2D eigenvalue weighted by molar-refractivity contribution is -0.153. The van der Waals surface area contributed by atoms with Crippen LogP contribution in [0.3, 0.4) is 0 Å². The third kappa shape index (κ3) is 3.79. The predicted octanol–water partition coefficient (Wildman–Crippen LogP) is 0.809. The number of hydrogen-bond donors (Lipinski definition) is 1. The maximum Gasteiger partial charge on any atom is 0.410 e. The number of likely N-dealkylation sites (tertiary alicyclic amines) is 2. The molecule has 0 radical (unpaired) electrons. The van der Waals surface area contributed by atoms with E-state index in [-0.39, 0.29) is 11.8 Å². The maximum absolute atomic E-state index is 12.8. The van der Waals surface area contributed by atoms with Gasteiger partial charge < -0.3 is 19.7 Å². The Morgan fingerprint density at radius 2 is 1.82 bits per heavy atom. The van der Waals surface area contributed by atoms with E-state index in [1.165, 1.54) is 16.9 Å². The van der Waals surface area contributed by atoms with Gasteiger partial charge in [0.25, 0.3) is 0 Å². The van der Waals surface area contributed by atoms with Crippen molar-refractivity contribution in [3.63, 3.8) is 0 Å². The molecule has 3 amide bonds. The van der Waals surface area contributed by atoms with Crippen molar-refractivity contribution in [2.75, 3.05) is 20.2 Å². The van der Waals surface area contributed by atoms with Crippen LogP contribution in [0.4, 0.5) is 4.79 Å². The van der Waals surface area contributed by atoms with Gasteiger partial charge in [0.1, 0.15) is 23.2 Å². The summed E-state index contributed by atoms with van der Waals surface area (Å²) in [6.45, 7) is 6.17. The third-order valence-electron chi connectivity index (χ3n) is 5.51. The number of carbonyl (C=O) groups is 4. The number of carbonyl (C=O) groups excluding carboxylic acids is 4. The largest absolute Gasteiger partial charge is 0.467 e. The standard InChI is InChI=1S/C19H29N3O6/c1-18(2,3)28-17(26)21-10-5-6-13(21)14(23)20-12-7-11-22(15(12)24)19(8-9-19)16(25)27-4/h12-13H,5-11H2,1-4H3,(H,20,23)/t12-,13+/m1/s1. The highest BCUT2D eigenvalue weighted by Gasteiger charge is 2.60. The van der Waals surface area contributed by atoms with Crippen LogP contribution >= 0.6 is 0 Å². The molecule has 2 saturated heterocycles. The number of rotatable bonds is 4. The van der Waals surface area contributed by atoms with Crippen molar-refractivity contribution in [3.8, 4) is 0 Å². The summed E-state index contributed by atoms with van der Waals surface area (Å²) in [6, 6.07) is -1.33. The molecule has 2 atom stereocenters. The monoisotopic (exact) mass is 395 g/mol. The topological polar surface area (TPSA) is 105 Å². The Morgan fingerprint density at radius 3 is 2.39 bits per heavy atom. The van der Waals surface area contributed by atoms with E-state index in [4.69, 9.17) is 9.47 Å². The van der Waals surface area contributed by atoms with Crippen LogP contribution in [-0.2, 0) is 23.9 Å². The van der Waals surface area contributed by atoms with E-state index in [2.05, 4.69) is 5.32 Å². The van der Waals surface area contributed by atoms with E-state index in [0.717, 1.165) is 0 Å². The third-order valence-corrected chi connectivity index (χ3v) is 5.51. The van der Waals surface area contributed by atoms with Crippen LogP contribution in [0.2, 0.25) is 0 Å². The predicted molar refractivity (Wildman–Crippen MR) is 98.2 cm³/mol. The van der Waals surface area contributed by atoms with Crippen molar-refractivity contribution in [3.05, 3.63) is 0 Å². The Labute approximate surface area is 164 Å². The van der Waals surface area contributed by atoms with Crippen LogP contribution in [0.5, 0.6) is 0 Å². The van der Waals surface area contributed by atoms with Crippen molar-refractivity contribution in [1.82, 2.24) is 15.1 Å². The van der Waals surface area contributed by atoms with Gasteiger partial charge in [-0.1, -0.05) is 0 Å². The minimum absolute atomic E-state index is 0.266. The summed E-state index contributed by atoms with van der Waals surface area (Å²) in [5.41, 5.74) is -1.50. The van der Waals surface area contributed by atoms with Gasteiger partial charge in [0.05, 0.1) is 7.11 Å². The Kier molecular flexibility index (Phi) is 5.29. The normalized spacial score (nSPS) is 26.2. The summed E-state index contributed by atoms with van der Waals surface area (Å²) in [5, 5.41) is 2.77. The van der Waals surface area contributed by atoms with Crippen LogP contribution in [-0.4, -0.2) is 77.1 Å². The van der Waals surface area contributed by atoms with Gasteiger partial charge in [-0.3, -0.25) is 14.5 Å². The summed E-state index contributed by atoms with van der Waals surface area (Å²) >= 11 is 0. The number of nitrogens with one attached hydrogen (secondary N) is 1. The zero-order valence-corrected chi connectivity index (χ0v) is 16.9. The van der Waals surface area contributed by atoms with Crippen molar-refractivity contribution < 1.29 is 28.7 Å². The molecule has 0 spiro atoms. The molecule has 28 heavy (non-hydrogen) atoms. The van der Waals surface area contributed by atoms with Crippen molar-refractivity contribution in [2.45, 2.75) is 76.1 Å². The summed E-state index contributed by atoms with van der Waals surface area (Å²) in [4.78, 5) is 52.9. The van der Waals surface area contributed by atoms with E-state index in [0.29, 0.717) is 45.2 Å². The minimum atomic E-state index is -0.860. The minimum Gasteiger partial charge on any atom is -0.467 e. The lowest BCUT2D eigenvalue weighted by Crippen LogP contribution is -2.53. The van der Waals surface area contributed by atoms with Crippen molar-refractivity contribution >= 4 is 23.9 Å². The molecule has 0 bridgehead atoms. The van der Waals surface area contributed by atoms with Crippen LogP contribution in [0.15, 0.2) is 0 Å². The molecule has 0 aromatic carbocycles. The Bertz CT molecular complexity index is 682. The molecule has 0 aromatic rings. The second-order valence-corrected chi connectivity index (χ2v) is 8.69. The molecule has 2 aliphatic heterocycles. The quantitative estimate of drug-likeness (QED) is 0.706. The number of amides is 3. The molecule has 0 unspecified atom stereocenters. The second-order valence-electron chi connectivity index (χ2n) is 8.69. The molecule has 3 aliphatic rings. The number of hydrogen-bond acceptors (Lipinski definition) is 6. The molecule has 0 aromatic heterocycles. The number of nitrogens with zero attached hydrogens (tertiary/aromatic N) is 2. The lowest BCUT2D eigenvalue weighted by atomic mass is 10.1.